The Hall–Kier alpha value is -0.610. The maximum absolute atomic E-state index is 11.1. The van der Waals surface area contributed by atoms with E-state index >= 15 is 0 Å². The lowest BCUT2D eigenvalue weighted by atomic mass is 10.2. The minimum atomic E-state index is -0.0304. The van der Waals surface area contributed by atoms with Crippen LogP contribution in [-0.2, 0) is 4.79 Å². The largest absolute Gasteiger partial charge is 0.395 e. The lowest BCUT2D eigenvalue weighted by Crippen LogP contribution is -2.37. The van der Waals surface area contributed by atoms with E-state index in [9.17, 15) is 4.79 Å². The average molecular weight is 188 g/mol. The molecule has 78 valence electrons. The van der Waals surface area contributed by atoms with Gasteiger partial charge in [0, 0.05) is 13.1 Å². The fraction of sp³-hybridized carbons (Fsp3) is 0.889. The topological polar surface area (TPSA) is 52.6 Å². The molecule has 0 aromatic rings. The average Bonchev–Trinajstić information content (AvgIpc) is 1.98. The van der Waals surface area contributed by atoms with Crippen molar-refractivity contribution in [2.24, 2.45) is 5.92 Å². The highest BCUT2D eigenvalue weighted by atomic mass is 16.3. The van der Waals surface area contributed by atoms with Crippen LogP contribution >= 0.6 is 0 Å². The van der Waals surface area contributed by atoms with Gasteiger partial charge >= 0.3 is 0 Å². The molecule has 0 aliphatic carbocycles. The molecule has 0 saturated carbocycles. The number of carbonyl (C=O) groups excluding carboxylic acids is 1. The summed E-state index contributed by atoms with van der Waals surface area (Å²) in [5, 5.41) is 11.1. The van der Waals surface area contributed by atoms with Crippen LogP contribution in [0, 0.1) is 5.92 Å². The van der Waals surface area contributed by atoms with Crippen molar-refractivity contribution in [3.8, 4) is 0 Å². The first-order valence-corrected chi connectivity index (χ1v) is 4.62. The first kappa shape index (κ1) is 12.4. The fourth-order valence-electron chi connectivity index (χ4n) is 1.18. The molecule has 0 rings (SSSR count). The highest BCUT2D eigenvalue weighted by Gasteiger charge is 2.06. The van der Waals surface area contributed by atoms with Crippen LogP contribution in [0.4, 0.5) is 0 Å². The van der Waals surface area contributed by atoms with Gasteiger partial charge in [-0.1, -0.05) is 13.8 Å². The second-order valence-electron chi connectivity index (χ2n) is 3.66. The Balaban J connectivity index is 3.53. The van der Waals surface area contributed by atoms with Crippen molar-refractivity contribution in [2.45, 2.75) is 13.8 Å². The first-order chi connectivity index (χ1) is 6.06. The van der Waals surface area contributed by atoms with Crippen molar-refractivity contribution in [2.75, 3.05) is 33.3 Å². The highest BCUT2D eigenvalue weighted by Crippen LogP contribution is 1.94. The summed E-state index contributed by atoms with van der Waals surface area (Å²) in [7, 11) is 1.92. The number of aliphatic hydroxyl groups is 1. The van der Waals surface area contributed by atoms with E-state index in [4.69, 9.17) is 5.11 Å². The Morgan fingerprint density at radius 2 is 2.15 bits per heavy atom. The van der Waals surface area contributed by atoms with Crippen molar-refractivity contribution in [3.05, 3.63) is 0 Å². The van der Waals surface area contributed by atoms with Crippen LogP contribution in [-0.4, -0.2) is 49.2 Å². The molecular formula is C9H20N2O2. The molecule has 4 nitrogen and oxygen atoms in total. The van der Waals surface area contributed by atoms with Gasteiger partial charge in [-0.25, -0.2) is 0 Å². The summed E-state index contributed by atoms with van der Waals surface area (Å²) in [6.45, 7) is 5.88. The number of amides is 1. The quantitative estimate of drug-likeness (QED) is 0.601. The van der Waals surface area contributed by atoms with Gasteiger partial charge < -0.3 is 10.4 Å². The zero-order valence-corrected chi connectivity index (χ0v) is 8.71. The molecule has 0 unspecified atom stereocenters. The molecule has 0 aliphatic heterocycles. The third-order valence-corrected chi connectivity index (χ3v) is 1.52. The number of likely N-dealkylation sites (N-methyl/N-ethyl adjacent to an activating group) is 1. The zero-order chi connectivity index (χ0) is 10.3. The fourth-order valence-corrected chi connectivity index (χ4v) is 1.18. The van der Waals surface area contributed by atoms with Crippen LogP contribution in [0.15, 0.2) is 0 Å². The van der Waals surface area contributed by atoms with Crippen molar-refractivity contribution in [1.29, 1.82) is 0 Å². The monoisotopic (exact) mass is 188 g/mol. The maximum atomic E-state index is 11.1. The van der Waals surface area contributed by atoms with Gasteiger partial charge in [-0.15, -0.1) is 0 Å². The minimum Gasteiger partial charge on any atom is -0.395 e. The molecule has 1 amide bonds. The lowest BCUT2D eigenvalue weighted by molar-refractivity contribution is -0.122. The van der Waals surface area contributed by atoms with Gasteiger partial charge in [-0.05, 0) is 13.0 Å². The molecule has 0 aliphatic rings. The van der Waals surface area contributed by atoms with E-state index in [-0.39, 0.29) is 12.5 Å². The molecule has 0 bridgehead atoms. The molecule has 0 aromatic heterocycles. The third kappa shape index (κ3) is 7.74. The number of nitrogens with one attached hydrogen (secondary N) is 1. The van der Waals surface area contributed by atoms with Crippen LogP contribution in [0.25, 0.3) is 0 Å². The summed E-state index contributed by atoms with van der Waals surface area (Å²) in [5.41, 5.74) is 0. The van der Waals surface area contributed by atoms with E-state index in [1.165, 1.54) is 0 Å². The van der Waals surface area contributed by atoms with Crippen molar-refractivity contribution >= 4 is 5.91 Å². The molecule has 0 fully saturated rings. The number of hydrogen-bond acceptors (Lipinski definition) is 3. The molecule has 0 heterocycles. The van der Waals surface area contributed by atoms with Crippen LogP contribution < -0.4 is 5.32 Å². The number of rotatable bonds is 6. The zero-order valence-electron chi connectivity index (χ0n) is 8.71. The molecule has 13 heavy (non-hydrogen) atoms. The van der Waals surface area contributed by atoms with Crippen LogP contribution in [0.1, 0.15) is 13.8 Å². The second kappa shape index (κ2) is 6.86. The SMILES string of the molecule is CC(C)CN(C)CC(=O)NCCO. The maximum Gasteiger partial charge on any atom is 0.234 e. The second-order valence-corrected chi connectivity index (χ2v) is 3.66. The molecule has 4 heteroatoms. The molecule has 0 atom stereocenters. The minimum absolute atomic E-state index is 0.000362. The van der Waals surface area contributed by atoms with Gasteiger partial charge in [0.2, 0.25) is 5.91 Å². The van der Waals surface area contributed by atoms with E-state index < -0.39 is 0 Å². The van der Waals surface area contributed by atoms with E-state index in [0.717, 1.165) is 6.54 Å². The summed E-state index contributed by atoms with van der Waals surface area (Å²) in [6, 6.07) is 0. The summed E-state index contributed by atoms with van der Waals surface area (Å²) in [5.74, 6) is 0.535. The molecule has 2 N–H and O–H groups in total. The number of carbonyl (C=O) groups is 1. The lowest BCUT2D eigenvalue weighted by Gasteiger charge is -2.17. The summed E-state index contributed by atoms with van der Waals surface area (Å²) in [6.07, 6.45) is 0. The number of nitrogens with zero attached hydrogens (tertiary/aromatic N) is 1. The summed E-state index contributed by atoms with van der Waals surface area (Å²) in [4.78, 5) is 13.1. The molecule has 0 saturated heterocycles. The van der Waals surface area contributed by atoms with Gasteiger partial charge in [0.25, 0.3) is 0 Å². The smallest absolute Gasteiger partial charge is 0.234 e. The Bertz CT molecular complexity index is 149. The Labute approximate surface area is 79.9 Å². The number of hydrogen-bond donors (Lipinski definition) is 2. The van der Waals surface area contributed by atoms with Crippen molar-refractivity contribution in [3.63, 3.8) is 0 Å². The van der Waals surface area contributed by atoms with Gasteiger partial charge in [-0.3, -0.25) is 9.69 Å². The number of aliphatic hydroxyl groups excluding tert-OH is 1. The Morgan fingerprint density at radius 1 is 1.54 bits per heavy atom. The van der Waals surface area contributed by atoms with Gasteiger partial charge in [-0.2, -0.15) is 0 Å². The summed E-state index contributed by atoms with van der Waals surface area (Å²) < 4.78 is 0. The normalized spacial score (nSPS) is 10.9. The van der Waals surface area contributed by atoms with Gasteiger partial charge in [0.1, 0.15) is 0 Å². The molecule has 0 aromatic carbocycles. The molecule has 0 spiro atoms. The van der Waals surface area contributed by atoms with Crippen molar-refractivity contribution < 1.29 is 9.90 Å². The van der Waals surface area contributed by atoms with Gasteiger partial charge in [0.05, 0.1) is 13.2 Å². The van der Waals surface area contributed by atoms with Gasteiger partial charge in [0.15, 0.2) is 0 Å². The standard InChI is InChI=1S/C9H20N2O2/c1-8(2)6-11(3)7-9(13)10-4-5-12/h8,12H,4-7H2,1-3H3,(H,10,13). The first-order valence-electron chi connectivity index (χ1n) is 4.62. The third-order valence-electron chi connectivity index (χ3n) is 1.52. The summed E-state index contributed by atoms with van der Waals surface area (Å²) >= 11 is 0. The van der Waals surface area contributed by atoms with Crippen LogP contribution in [0.3, 0.4) is 0 Å². The van der Waals surface area contributed by atoms with Crippen LogP contribution in [0.5, 0.6) is 0 Å². The molecule has 0 radical (unpaired) electrons. The Morgan fingerprint density at radius 3 is 2.62 bits per heavy atom. The van der Waals surface area contributed by atoms with E-state index in [0.29, 0.717) is 19.0 Å². The van der Waals surface area contributed by atoms with E-state index in [2.05, 4.69) is 19.2 Å². The van der Waals surface area contributed by atoms with Crippen LogP contribution in [0.2, 0.25) is 0 Å². The van der Waals surface area contributed by atoms with E-state index in [1.807, 2.05) is 11.9 Å². The molecular weight excluding hydrogens is 168 g/mol. The highest BCUT2D eigenvalue weighted by molar-refractivity contribution is 5.77. The van der Waals surface area contributed by atoms with Crippen molar-refractivity contribution in [1.82, 2.24) is 10.2 Å². The van der Waals surface area contributed by atoms with E-state index in [1.54, 1.807) is 0 Å². The Kier molecular flexibility index (Phi) is 6.54. The predicted molar refractivity (Wildman–Crippen MR) is 52.4 cm³/mol. The predicted octanol–water partition coefficient (Wildman–Crippen LogP) is -0.317.